The normalized spacial score (nSPS) is 16.7. The number of carbonyl (C=O) groups is 1. The summed E-state index contributed by atoms with van der Waals surface area (Å²) in [6.07, 6.45) is 8.99. The van der Waals surface area contributed by atoms with E-state index < -0.39 is 0 Å². The Kier molecular flexibility index (Phi) is 4.93. The number of aryl methyl sites for hydroxylation is 4. The lowest BCUT2D eigenvalue weighted by Gasteiger charge is -2.23. The van der Waals surface area contributed by atoms with E-state index in [1.807, 2.05) is 25.8 Å². The molecule has 1 aliphatic rings. The van der Waals surface area contributed by atoms with E-state index in [0.717, 1.165) is 60.6 Å². The zero-order chi connectivity index (χ0) is 19.7. The largest absolute Gasteiger partial charge is 0.361 e. The highest BCUT2D eigenvalue weighted by Crippen LogP contribution is 2.26. The summed E-state index contributed by atoms with van der Waals surface area (Å²) in [5.41, 5.74) is 3.92. The van der Waals surface area contributed by atoms with Crippen LogP contribution in [-0.2, 0) is 13.5 Å². The second-order valence-electron chi connectivity index (χ2n) is 7.30. The molecule has 3 aromatic heterocycles. The van der Waals surface area contributed by atoms with Crippen molar-refractivity contribution in [2.75, 3.05) is 6.54 Å². The van der Waals surface area contributed by atoms with Crippen molar-refractivity contribution in [2.24, 2.45) is 7.05 Å². The minimum Gasteiger partial charge on any atom is -0.361 e. The van der Waals surface area contributed by atoms with Crippen molar-refractivity contribution in [2.45, 2.75) is 45.6 Å². The van der Waals surface area contributed by atoms with E-state index in [4.69, 9.17) is 9.51 Å². The monoisotopic (exact) mass is 380 g/mol. The second kappa shape index (κ2) is 7.53. The summed E-state index contributed by atoms with van der Waals surface area (Å²) >= 11 is 0. The predicted molar refractivity (Wildman–Crippen MR) is 103 cm³/mol. The van der Waals surface area contributed by atoms with Crippen LogP contribution in [0.2, 0.25) is 0 Å². The molecule has 146 valence electrons. The van der Waals surface area contributed by atoms with Gasteiger partial charge < -0.3 is 9.42 Å². The summed E-state index contributed by atoms with van der Waals surface area (Å²) in [5, 5.41) is 8.25. The van der Waals surface area contributed by atoms with Gasteiger partial charge >= 0.3 is 0 Å². The van der Waals surface area contributed by atoms with Crippen LogP contribution >= 0.6 is 0 Å². The first kappa shape index (κ1) is 18.3. The van der Waals surface area contributed by atoms with E-state index in [9.17, 15) is 4.79 Å². The summed E-state index contributed by atoms with van der Waals surface area (Å²) < 4.78 is 6.91. The van der Waals surface area contributed by atoms with Gasteiger partial charge in [-0.15, -0.1) is 0 Å². The number of nitrogens with zero attached hydrogens (tertiary/aromatic N) is 6. The molecule has 1 amide bonds. The fraction of sp³-hybridized carbons (Fsp3) is 0.450. The van der Waals surface area contributed by atoms with Gasteiger partial charge in [0.2, 0.25) is 0 Å². The fourth-order valence-corrected chi connectivity index (χ4v) is 3.89. The van der Waals surface area contributed by atoms with E-state index in [1.165, 1.54) is 0 Å². The quantitative estimate of drug-likeness (QED) is 0.676. The van der Waals surface area contributed by atoms with Gasteiger partial charge in [0, 0.05) is 32.0 Å². The summed E-state index contributed by atoms with van der Waals surface area (Å²) in [5.74, 6) is 0.755. The Labute approximate surface area is 163 Å². The van der Waals surface area contributed by atoms with Crippen LogP contribution in [0.5, 0.6) is 0 Å². The van der Waals surface area contributed by atoms with Crippen LogP contribution in [0.3, 0.4) is 0 Å². The van der Waals surface area contributed by atoms with E-state index in [-0.39, 0.29) is 11.9 Å². The molecule has 28 heavy (non-hydrogen) atoms. The number of likely N-dealkylation sites (tertiary alicyclic amines) is 1. The second-order valence-corrected chi connectivity index (χ2v) is 7.30. The highest BCUT2D eigenvalue weighted by atomic mass is 16.5. The molecule has 3 aromatic rings. The van der Waals surface area contributed by atoms with Gasteiger partial charge in [0.05, 0.1) is 28.8 Å². The summed E-state index contributed by atoms with van der Waals surface area (Å²) in [6.45, 7) is 4.56. The number of rotatable bonds is 5. The highest BCUT2D eigenvalue weighted by Gasteiger charge is 2.30. The third kappa shape index (κ3) is 3.54. The predicted octanol–water partition coefficient (Wildman–Crippen LogP) is 2.72. The van der Waals surface area contributed by atoms with Crippen molar-refractivity contribution >= 4 is 5.91 Å². The van der Waals surface area contributed by atoms with Gasteiger partial charge in [0.1, 0.15) is 11.5 Å². The lowest BCUT2D eigenvalue weighted by atomic mass is 10.1. The Hall–Kier alpha value is -3.03. The van der Waals surface area contributed by atoms with E-state index in [1.54, 1.807) is 29.3 Å². The van der Waals surface area contributed by atoms with Crippen LogP contribution in [0.25, 0.3) is 11.3 Å². The Morgan fingerprint density at radius 2 is 2.18 bits per heavy atom. The molecule has 0 aromatic carbocycles. The molecule has 0 aliphatic carbocycles. The minimum atomic E-state index is 0.0126. The van der Waals surface area contributed by atoms with Crippen LogP contribution in [0.15, 0.2) is 29.2 Å². The van der Waals surface area contributed by atoms with Crippen LogP contribution in [0.4, 0.5) is 0 Å². The maximum absolute atomic E-state index is 12.8. The molecule has 8 nitrogen and oxygen atoms in total. The molecule has 8 heteroatoms. The van der Waals surface area contributed by atoms with Crippen molar-refractivity contribution in [1.82, 2.24) is 29.8 Å². The number of hydrogen-bond acceptors (Lipinski definition) is 6. The van der Waals surface area contributed by atoms with Gasteiger partial charge in [-0.3, -0.25) is 14.5 Å². The molecule has 0 unspecified atom stereocenters. The molecule has 0 spiro atoms. The van der Waals surface area contributed by atoms with E-state index in [2.05, 4.69) is 15.2 Å². The molecular formula is C20H24N6O2. The molecule has 0 saturated carbocycles. The van der Waals surface area contributed by atoms with E-state index >= 15 is 0 Å². The SMILES string of the molecule is Cc1noc(C)c1-c1cncc(CC[C@H]2CCCN2C(=O)c2ccn(C)n2)n1. The molecule has 0 radical (unpaired) electrons. The molecule has 1 saturated heterocycles. The lowest BCUT2D eigenvalue weighted by molar-refractivity contribution is 0.0723. The maximum atomic E-state index is 12.8. The van der Waals surface area contributed by atoms with Crippen molar-refractivity contribution in [3.63, 3.8) is 0 Å². The first-order chi connectivity index (χ1) is 13.5. The number of carbonyl (C=O) groups excluding carboxylic acids is 1. The number of amides is 1. The van der Waals surface area contributed by atoms with Gasteiger partial charge in [-0.1, -0.05) is 5.16 Å². The molecule has 1 fully saturated rings. The topological polar surface area (TPSA) is 89.9 Å². The van der Waals surface area contributed by atoms with Gasteiger partial charge in [-0.25, -0.2) is 4.98 Å². The lowest BCUT2D eigenvalue weighted by Crippen LogP contribution is -2.36. The highest BCUT2D eigenvalue weighted by molar-refractivity contribution is 5.92. The van der Waals surface area contributed by atoms with Crippen LogP contribution < -0.4 is 0 Å². The van der Waals surface area contributed by atoms with Crippen LogP contribution in [0.1, 0.15) is 46.9 Å². The average Bonchev–Trinajstić information content (AvgIpc) is 3.40. The molecule has 0 bridgehead atoms. The third-order valence-electron chi connectivity index (χ3n) is 5.28. The van der Waals surface area contributed by atoms with Gasteiger partial charge in [-0.05, 0) is 45.6 Å². The zero-order valence-electron chi connectivity index (χ0n) is 16.4. The summed E-state index contributed by atoms with van der Waals surface area (Å²) in [7, 11) is 1.82. The average molecular weight is 380 g/mol. The van der Waals surface area contributed by atoms with Crippen LogP contribution in [-0.4, -0.2) is 48.3 Å². The molecule has 0 N–H and O–H groups in total. The zero-order valence-corrected chi connectivity index (χ0v) is 16.4. The third-order valence-corrected chi connectivity index (χ3v) is 5.28. The molecule has 1 atom stereocenters. The van der Waals surface area contributed by atoms with Crippen molar-refractivity contribution in [3.8, 4) is 11.3 Å². The number of hydrogen-bond donors (Lipinski definition) is 0. The van der Waals surface area contributed by atoms with Gasteiger partial charge in [-0.2, -0.15) is 5.10 Å². The maximum Gasteiger partial charge on any atom is 0.274 e. The smallest absolute Gasteiger partial charge is 0.274 e. The molecule has 4 rings (SSSR count). The van der Waals surface area contributed by atoms with Crippen LogP contribution in [0, 0.1) is 13.8 Å². The molecule has 4 heterocycles. The first-order valence-corrected chi connectivity index (χ1v) is 9.57. The van der Waals surface area contributed by atoms with Crippen molar-refractivity contribution in [1.29, 1.82) is 0 Å². The Bertz CT molecular complexity index is 973. The number of aromatic nitrogens is 5. The Morgan fingerprint density at radius 1 is 1.32 bits per heavy atom. The molecule has 1 aliphatic heterocycles. The standard InChI is InChI=1S/C20H24N6O2/c1-13-19(14(2)28-24-13)18-12-21-11-15(22-18)6-7-16-5-4-9-26(16)20(27)17-8-10-25(3)23-17/h8,10-12,16H,4-7,9H2,1-3H3/t16-/m1/s1. The minimum absolute atomic E-state index is 0.0126. The van der Waals surface area contributed by atoms with Gasteiger partial charge in [0.25, 0.3) is 5.91 Å². The fourth-order valence-electron chi connectivity index (χ4n) is 3.89. The van der Waals surface area contributed by atoms with E-state index in [0.29, 0.717) is 5.69 Å². The Balaban J connectivity index is 1.45. The van der Waals surface area contributed by atoms with Crippen molar-refractivity contribution < 1.29 is 9.32 Å². The summed E-state index contributed by atoms with van der Waals surface area (Å²) in [4.78, 5) is 23.8. The van der Waals surface area contributed by atoms with Crippen molar-refractivity contribution in [3.05, 3.63) is 47.5 Å². The summed E-state index contributed by atoms with van der Waals surface area (Å²) in [6, 6.07) is 1.98. The Morgan fingerprint density at radius 3 is 2.89 bits per heavy atom. The molecular weight excluding hydrogens is 356 g/mol. The first-order valence-electron chi connectivity index (χ1n) is 9.57. The van der Waals surface area contributed by atoms with Gasteiger partial charge in [0.15, 0.2) is 0 Å².